The summed E-state index contributed by atoms with van der Waals surface area (Å²) in [5, 5.41) is 35.5. The number of hydrogen-bond donors (Lipinski definition) is 4. The van der Waals surface area contributed by atoms with E-state index in [2.05, 4.69) is 0 Å². The van der Waals surface area contributed by atoms with Gasteiger partial charge in [0.2, 0.25) is 0 Å². The molecule has 3 aromatic rings. The maximum atomic E-state index is 9.12. The molecule has 0 amide bonds. The van der Waals surface area contributed by atoms with Gasteiger partial charge in [-0.05, 0) is 59.7 Å². The summed E-state index contributed by atoms with van der Waals surface area (Å²) < 4.78 is 5.52. The zero-order valence-corrected chi connectivity index (χ0v) is 13.5. The summed E-state index contributed by atoms with van der Waals surface area (Å²) in [6, 6.07) is 19.6. The minimum Gasteiger partial charge on any atom is -0.508 e. The van der Waals surface area contributed by atoms with Crippen molar-refractivity contribution in [1.29, 1.82) is 0 Å². The topological polar surface area (TPSA) is 90.2 Å². The van der Waals surface area contributed by atoms with Gasteiger partial charge in [0.25, 0.3) is 0 Å². The molecule has 0 spiro atoms. The standard InChI is InChI=1S/C14H14O3.C6H6O2/c15-13-5-1-11(2-6-13)9-17-10-12-3-7-14(16)8-4-12;7-5-1-2-6(8)4-3-5/h1-8,15-16H,9-10H2;1-4,7-8H. The van der Waals surface area contributed by atoms with Gasteiger partial charge in [-0.3, -0.25) is 0 Å². The summed E-state index contributed by atoms with van der Waals surface area (Å²) in [5.41, 5.74) is 2.03. The van der Waals surface area contributed by atoms with E-state index in [1.54, 1.807) is 24.3 Å². The maximum Gasteiger partial charge on any atom is 0.115 e. The highest BCUT2D eigenvalue weighted by Gasteiger charge is 1.96. The Kier molecular flexibility index (Phi) is 6.68. The quantitative estimate of drug-likeness (QED) is 0.541. The van der Waals surface area contributed by atoms with Gasteiger partial charge in [0.1, 0.15) is 23.0 Å². The van der Waals surface area contributed by atoms with Gasteiger partial charge in [-0.2, -0.15) is 0 Å². The van der Waals surface area contributed by atoms with Crippen LogP contribution in [0.3, 0.4) is 0 Å². The molecule has 5 nitrogen and oxygen atoms in total. The first kappa shape index (κ1) is 18.2. The molecule has 0 aliphatic rings. The van der Waals surface area contributed by atoms with Gasteiger partial charge in [-0.1, -0.05) is 24.3 Å². The lowest BCUT2D eigenvalue weighted by Gasteiger charge is -2.05. The largest absolute Gasteiger partial charge is 0.508 e. The monoisotopic (exact) mass is 340 g/mol. The maximum absolute atomic E-state index is 9.12. The van der Waals surface area contributed by atoms with E-state index in [9.17, 15) is 0 Å². The van der Waals surface area contributed by atoms with Crippen LogP contribution in [0.1, 0.15) is 11.1 Å². The number of aromatic hydroxyl groups is 4. The zero-order valence-electron chi connectivity index (χ0n) is 13.5. The molecule has 0 fully saturated rings. The van der Waals surface area contributed by atoms with Gasteiger partial charge in [0.05, 0.1) is 13.2 Å². The Balaban J connectivity index is 0.000000236. The molecule has 5 heteroatoms. The second kappa shape index (κ2) is 9.20. The second-order valence-corrected chi connectivity index (χ2v) is 5.34. The van der Waals surface area contributed by atoms with Crippen molar-refractivity contribution in [2.24, 2.45) is 0 Å². The Hall–Kier alpha value is -3.18. The Bertz CT molecular complexity index is 683. The minimum absolute atomic E-state index is 0.169. The van der Waals surface area contributed by atoms with Gasteiger partial charge in [-0.15, -0.1) is 0 Å². The van der Waals surface area contributed by atoms with Crippen molar-refractivity contribution >= 4 is 0 Å². The first-order chi connectivity index (χ1) is 12.0. The SMILES string of the molecule is Oc1ccc(COCc2ccc(O)cc2)cc1.Oc1ccc(O)cc1. The van der Waals surface area contributed by atoms with Crippen LogP contribution >= 0.6 is 0 Å². The first-order valence-electron chi connectivity index (χ1n) is 7.64. The molecule has 0 unspecified atom stereocenters. The van der Waals surface area contributed by atoms with Crippen LogP contribution < -0.4 is 0 Å². The van der Waals surface area contributed by atoms with Gasteiger partial charge in [0.15, 0.2) is 0 Å². The fourth-order valence-corrected chi connectivity index (χ4v) is 1.92. The van der Waals surface area contributed by atoms with Crippen LogP contribution in [0.25, 0.3) is 0 Å². The lowest BCUT2D eigenvalue weighted by molar-refractivity contribution is 0.107. The van der Waals surface area contributed by atoms with Crippen LogP contribution in [0.5, 0.6) is 23.0 Å². The fraction of sp³-hybridized carbons (Fsp3) is 0.100. The van der Waals surface area contributed by atoms with Crippen LogP contribution in [0.15, 0.2) is 72.8 Å². The summed E-state index contributed by atoms with van der Waals surface area (Å²) >= 11 is 0. The second-order valence-electron chi connectivity index (χ2n) is 5.34. The molecule has 0 saturated heterocycles. The highest BCUT2D eigenvalue weighted by molar-refractivity contribution is 5.29. The van der Waals surface area contributed by atoms with Crippen LogP contribution in [0, 0.1) is 0 Å². The van der Waals surface area contributed by atoms with Gasteiger partial charge < -0.3 is 25.2 Å². The van der Waals surface area contributed by atoms with Crippen LogP contribution in [0.4, 0.5) is 0 Å². The molecule has 3 aromatic carbocycles. The number of benzene rings is 3. The molecule has 0 saturated carbocycles. The van der Waals surface area contributed by atoms with Crippen molar-refractivity contribution in [3.8, 4) is 23.0 Å². The molecule has 0 bridgehead atoms. The number of phenols is 4. The summed E-state index contributed by atoms with van der Waals surface area (Å²) in [6.45, 7) is 1.00. The highest BCUT2D eigenvalue weighted by atomic mass is 16.5. The predicted molar refractivity (Wildman–Crippen MR) is 94.5 cm³/mol. The average Bonchev–Trinajstić information content (AvgIpc) is 2.62. The van der Waals surface area contributed by atoms with E-state index in [0.717, 1.165) is 11.1 Å². The summed E-state index contributed by atoms with van der Waals surface area (Å²) in [6.07, 6.45) is 0. The number of hydrogen-bond acceptors (Lipinski definition) is 5. The molecule has 0 heterocycles. The smallest absolute Gasteiger partial charge is 0.115 e. The van der Waals surface area contributed by atoms with E-state index in [4.69, 9.17) is 25.2 Å². The molecule has 3 rings (SSSR count). The predicted octanol–water partition coefficient (Wildman–Crippen LogP) is 3.91. The van der Waals surface area contributed by atoms with E-state index >= 15 is 0 Å². The third-order valence-corrected chi connectivity index (χ3v) is 3.26. The molecular weight excluding hydrogens is 320 g/mol. The Morgan fingerprint density at radius 3 is 0.960 bits per heavy atom. The van der Waals surface area contributed by atoms with Crippen molar-refractivity contribution in [3.05, 3.63) is 83.9 Å². The summed E-state index contributed by atoms with van der Waals surface area (Å²) in [5.74, 6) is 0.852. The van der Waals surface area contributed by atoms with Crippen molar-refractivity contribution in [3.63, 3.8) is 0 Å². The van der Waals surface area contributed by atoms with Crippen LogP contribution in [0.2, 0.25) is 0 Å². The van der Waals surface area contributed by atoms with E-state index < -0.39 is 0 Å². The normalized spacial score (nSPS) is 9.92. The van der Waals surface area contributed by atoms with Gasteiger partial charge in [0, 0.05) is 0 Å². The van der Waals surface area contributed by atoms with E-state index in [1.165, 1.54) is 24.3 Å². The minimum atomic E-state index is 0.169. The highest BCUT2D eigenvalue weighted by Crippen LogP contribution is 2.14. The van der Waals surface area contributed by atoms with Gasteiger partial charge >= 0.3 is 0 Å². The Morgan fingerprint density at radius 1 is 0.440 bits per heavy atom. The zero-order chi connectivity index (χ0) is 18.1. The number of phenolic OH excluding ortho intramolecular Hbond substituents is 4. The molecule has 25 heavy (non-hydrogen) atoms. The van der Waals surface area contributed by atoms with E-state index in [1.807, 2.05) is 24.3 Å². The molecule has 0 radical (unpaired) electrons. The molecule has 4 N–H and O–H groups in total. The number of rotatable bonds is 4. The Morgan fingerprint density at radius 2 is 0.680 bits per heavy atom. The molecule has 0 aliphatic heterocycles. The molecule has 0 atom stereocenters. The molecule has 130 valence electrons. The average molecular weight is 340 g/mol. The third-order valence-electron chi connectivity index (χ3n) is 3.26. The lowest BCUT2D eigenvalue weighted by atomic mass is 10.2. The number of ether oxygens (including phenoxy) is 1. The van der Waals surface area contributed by atoms with Crippen molar-refractivity contribution < 1.29 is 25.2 Å². The van der Waals surface area contributed by atoms with Gasteiger partial charge in [-0.25, -0.2) is 0 Å². The Labute approximate surface area is 146 Å². The first-order valence-corrected chi connectivity index (χ1v) is 7.64. The van der Waals surface area contributed by atoms with E-state index in [0.29, 0.717) is 13.2 Å². The van der Waals surface area contributed by atoms with E-state index in [-0.39, 0.29) is 23.0 Å². The summed E-state index contributed by atoms with van der Waals surface area (Å²) in [4.78, 5) is 0. The van der Waals surface area contributed by atoms with Crippen LogP contribution in [-0.4, -0.2) is 20.4 Å². The fourth-order valence-electron chi connectivity index (χ4n) is 1.92. The third kappa shape index (κ3) is 6.85. The summed E-state index contributed by atoms with van der Waals surface area (Å²) in [7, 11) is 0. The molecule has 0 aromatic heterocycles. The van der Waals surface area contributed by atoms with Crippen molar-refractivity contribution in [2.75, 3.05) is 0 Å². The van der Waals surface area contributed by atoms with Crippen molar-refractivity contribution in [2.45, 2.75) is 13.2 Å². The lowest BCUT2D eigenvalue weighted by Crippen LogP contribution is -1.93. The molecule has 0 aliphatic carbocycles. The van der Waals surface area contributed by atoms with Crippen LogP contribution in [-0.2, 0) is 18.0 Å². The molecular formula is C20H20O5. The van der Waals surface area contributed by atoms with Crippen molar-refractivity contribution in [1.82, 2.24) is 0 Å².